The molecule has 1 saturated carbocycles. The Morgan fingerprint density at radius 3 is 2.73 bits per heavy atom. The van der Waals surface area contributed by atoms with Crippen molar-refractivity contribution >= 4 is 0 Å². The lowest BCUT2D eigenvalue weighted by atomic mass is 9.72. The molecule has 0 aliphatic heterocycles. The first-order valence-electron chi connectivity index (χ1n) is 5.64. The summed E-state index contributed by atoms with van der Waals surface area (Å²) in [4.78, 5) is 0. The molecule has 0 spiro atoms. The normalized spacial score (nSPS) is 34.7. The number of nitrogens with zero attached hydrogens (tertiary/aromatic N) is 1. The molecule has 3 unspecified atom stereocenters. The molecular weight excluding hydrogens is 190 g/mol. The average molecular weight is 211 g/mol. The number of nitriles is 1. The molecule has 1 N–H and O–H groups in total. The molecule has 0 aromatic carbocycles. The Kier molecular flexibility index (Phi) is 3.75. The van der Waals surface area contributed by atoms with Crippen LogP contribution in [0.3, 0.4) is 0 Å². The van der Waals surface area contributed by atoms with E-state index in [9.17, 15) is 10.4 Å². The van der Waals surface area contributed by atoms with Crippen LogP contribution in [0, 0.1) is 22.7 Å². The highest BCUT2D eigenvalue weighted by Crippen LogP contribution is 2.49. The van der Waals surface area contributed by atoms with Crippen LogP contribution < -0.4 is 0 Å². The van der Waals surface area contributed by atoms with Crippen molar-refractivity contribution in [2.75, 3.05) is 13.7 Å². The summed E-state index contributed by atoms with van der Waals surface area (Å²) in [6.07, 6.45) is 3.73. The minimum absolute atomic E-state index is 0.233. The third-order valence-electron chi connectivity index (χ3n) is 3.86. The Balaban J connectivity index is 2.83. The fraction of sp³-hybridized carbons (Fsp3) is 0.917. The van der Waals surface area contributed by atoms with Gasteiger partial charge in [-0.15, -0.1) is 0 Å². The minimum Gasteiger partial charge on any atom is -0.386 e. The van der Waals surface area contributed by atoms with Crippen molar-refractivity contribution in [3.05, 3.63) is 0 Å². The first-order valence-corrected chi connectivity index (χ1v) is 5.64. The molecule has 1 aliphatic rings. The lowest BCUT2D eigenvalue weighted by Crippen LogP contribution is -2.47. The second-order valence-electron chi connectivity index (χ2n) is 4.92. The number of rotatable bonds is 4. The topological polar surface area (TPSA) is 53.2 Å². The van der Waals surface area contributed by atoms with E-state index in [2.05, 4.69) is 13.0 Å². The number of ether oxygens (including phenoxy) is 1. The molecule has 1 fully saturated rings. The maximum Gasteiger partial charge on any atom is 0.104 e. The molecule has 3 heteroatoms. The van der Waals surface area contributed by atoms with E-state index in [0.29, 0.717) is 5.92 Å². The van der Waals surface area contributed by atoms with Gasteiger partial charge in [-0.05, 0) is 32.1 Å². The van der Waals surface area contributed by atoms with Crippen LogP contribution in [0.25, 0.3) is 0 Å². The molecule has 0 aromatic heterocycles. The summed E-state index contributed by atoms with van der Waals surface area (Å²) in [5.74, 6) is 0.577. The lowest BCUT2D eigenvalue weighted by molar-refractivity contribution is -0.0877. The van der Waals surface area contributed by atoms with Gasteiger partial charge in [-0.1, -0.05) is 13.3 Å². The SMILES string of the molecule is CCC1CCC(C#N)(C(C)(O)COC)C1. The van der Waals surface area contributed by atoms with Crippen LogP contribution in [0.4, 0.5) is 0 Å². The zero-order valence-corrected chi connectivity index (χ0v) is 9.92. The van der Waals surface area contributed by atoms with Gasteiger partial charge in [0.15, 0.2) is 0 Å². The van der Waals surface area contributed by atoms with Gasteiger partial charge in [0, 0.05) is 7.11 Å². The highest BCUT2D eigenvalue weighted by molar-refractivity contribution is 5.13. The smallest absolute Gasteiger partial charge is 0.104 e. The third-order valence-corrected chi connectivity index (χ3v) is 3.86. The van der Waals surface area contributed by atoms with Crippen LogP contribution in [-0.4, -0.2) is 24.4 Å². The van der Waals surface area contributed by atoms with Crippen LogP contribution in [0.1, 0.15) is 39.5 Å². The lowest BCUT2D eigenvalue weighted by Gasteiger charge is -2.37. The standard InChI is InChI=1S/C12H21NO2/c1-4-10-5-6-12(7-10,8-13)11(2,14)9-15-3/h10,14H,4-7,9H2,1-3H3. The van der Waals surface area contributed by atoms with Gasteiger partial charge in [0.05, 0.1) is 18.1 Å². The van der Waals surface area contributed by atoms with E-state index in [4.69, 9.17) is 4.74 Å². The first kappa shape index (κ1) is 12.5. The largest absolute Gasteiger partial charge is 0.386 e. The van der Waals surface area contributed by atoms with E-state index in [-0.39, 0.29) is 6.61 Å². The van der Waals surface area contributed by atoms with Crippen LogP contribution in [0.15, 0.2) is 0 Å². The van der Waals surface area contributed by atoms with Gasteiger partial charge in [-0.25, -0.2) is 0 Å². The molecule has 0 aromatic rings. The molecule has 1 rings (SSSR count). The summed E-state index contributed by atoms with van der Waals surface area (Å²) >= 11 is 0. The van der Waals surface area contributed by atoms with Crippen molar-refractivity contribution in [2.45, 2.75) is 45.1 Å². The fourth-order valence-corrected chi connectivity index (χ4v) is 2.63. The Morgan fingerprint density at radius 2 is 2.33 bits per heavy atom. The molecule has 86 valence electrons. The molecule has 3 atom stereocenters. The van der Waals surface area contributed by atoms with E-state index in [1.807, 2.05) is 0 Å². The van der Waals surface area contributed by atoms with Crippen LogP contribution in [0.5, 0.6) is 0 Å². The Bertz CT molecular complexity index is 257. The Hall–Kier alpha value is -0.590. The van der Waals surface area contributed by atoms with Crippen molar-refractivity contribution in [1.29, 1.82) is 5.26 Å². The maximum atomic E-state index is 10.3. The quantitative estimate of drug-likeness (QED) is 0.774. The van der Waals surface area contributed by atoms with Crippen LogP contribution in [-0.2, 0) is 4.74 Å². The number of hydrogen-bond acceptors (Lipinski definition) is 3. The fourth-order valence-electron chi connectivity index (χ4n) is 2.63. The van der Waals surface area contributed by atoms with Crippen molar-refractivity contribution in [2.24, 2.45) is 11.3 Å². The average Bonchev–Trinajstić information content (AvgIpc) is 2.62. The van der Waals surface area contributed by atoms with Gasteiger partial charge < -0.3 is 9.84 Å². The molecule has 1 aliphatic carbocycles. The highest BCUT2D eigenvalue weighted by atomic mass is 16.5. The van der Waals surface area contributed by atoms with E-state index in [0.717, 1.165) is 25.7 Å². The molecule has 0 amide bonds. The van der Waals surface area contributed by atoms with Crippen molar-refractivity contribution in [3.63, 3.8) is 0 Å². The summed E-state index contributed by atoms with van der Waals surface area (Å²) in [6.45, 7) is 4.10. The van der Waals surface area contributed by atoms with Gasteiger partial charge in [-0.2, -0.15) is 5.26 Å². The first-order chi connectivity index (χ1) is 7.01. The number of hydrogen-bond donors (Lipinski definition) is 1. The van der Waals surface area contributed by atoms with Crippen LogP contribution >= 0.6 is 0 Å². The molecule has 0 bridgehead atoms. The van der Waals surface area contributed by atoms with Crippen molar-refractivity contribution in [3.8, 4) is 6.07 Å². The molecule has 3 nitrogen and oxygen atoms in total. The van der Waals surface area contributed by atoms with Gasteiger partial charge >= 0.3 is 0 Å². The Labute approximate surface area is 92.0 Å². The summed E-state index contributed by atoms with van der Waals surface area (Å²) in [5, 5.41) is 19.7. The van der Waals surface area contributed by atoms with Crippen LogP contribution in [0.2, 0.25) is 0 Å². The second kappa shape index (κ2) is 4.51. The second-order valence-corrected chi connectivity index (χ2v) is 4.92. The summed E-state index contributed by atoms with van der Waals surface area (Å²) in [7, 11) is 1.56. The maximum absolute atomic E-state index is 10.3. The molecular formula is C12H21NO2. The van der Waals surface area contributed by atoms with Gasteiger partial charge in [-0.3, -0.25) is 0 Å². The van der Waals surface area contributed by atoms with E-state index >= 15 is 0 Å². The Morgan fingerprint density at radius 1 is 1.67 bits per heavy atom. The summed E-state index contributed by atoms with van der Waals surface area (Å²) in [6, 6.07) is 2.34. The van der Waals surface area contributed by atoms with E-state index in [1.165, 1.54) is 0 Å². The molecule has 0 heterocycles. The zero-order chi connectivity index (χ0) is 11.5. The van der Waals surface area contributed by atoms with Gasteiger partial charge in [0.2, 0.25) is 0 Å². The molecule has 0 saturated heterocycles. The monoisotopic (exact) mass is 211 g/mol. The summed E-state index contributed by atoms with van der Waals surface area (Å²) < 4.78 is 5.01. The minimum atomic E-state index is -1.03. The van der Waals surface area contributed by atoms with Crippen molar-refractivity contribution in [1.82, 2.24) is 0 Å². The van der Waals surface area contributed by atoms with Crippen molar-refractivity contribution < 1.29 is 9.84 Å². The predicted octanol–water partition coefficient (Wildman–Crippen LogP) is 2.10. The van der Waals surface area contributed by atoms with E-state index < -0.39 is 11.0 Å². The molecule has 15 heavy (non-hydrogen) atoms. The summed E-state index contributed by atoms with van der Waals surface area (Å²) in [5.41, 5.74) is -1.63. The highest BCUT2D eigenvalue weighted by Gasteiger charge is 2.51. The zero-order valence-electron chi connectivity index (χ0n) is 9.92. The van der Waals surface area contributed by atoms with E-state index in [1.54, 1.807) is 14.0 Å². The molecule has 0 radical (unpaired) electrons. The van der Waals surface area contributed by atoms with Gasteiger partial charge in [0.25, 0.3) is 0 Å². The van der Waals surface area contributed by atoms with Gasteiger partial charge in [0.1, 0.15) is 5.60 Å². The predicted molar refractivity (Wildman–Crippen MR) is 58.2 cm³/mol. The number of methoxy groups -OCH3 is 1. The third kappa shape index (κ3) is 2.16. The number of aliphatic hydroxyl groups is 1.